The number of carbonyl (C=O) groups excluding carboxylic acids is 1. The SMILES string of the molecule is CC(C)(C)[C@H](N)C(=O)Nc1cccc(S(=O)(=O)Nc2ccccc2)c1.Cl. The van der Waals surface area contributed by atoms with E-state index in [-0.39, 0.29) is 23.2 Å². The van der Waals surface area contributed by atoms with Gasteiger partial charge < -0.3 is 11.1 Å². The molecule has 26 heavy (non-hydrogen) atoms. The van der Waals surface area contributed by atoms with E-state index in [0.29, 0.717) is 11.4 Å². The van der Waals surface area contributed by atoms with Gasteiger partial charge in [-0.05, 0) is 35.7 Å². The van der Waals surface area contributed by atoms with Crippen molar-refractivity contribution in [1.82, 2.24) is 0 Å². The van der Waals surface area contributed by atoms with Crippen molar-refractivity contribution in [3.05, 3.63) is 54.6 Å². The van der Waals surface area contributed by atoms with E-state index >= 15 is 0 Å². The summed E-state index contributed by atoms with van der Waals surface area (Å²) in [5.41, 5.74) is 6.37. The Hall–Kier alpha value is -2.09. The third-order valence-corrected chi connectivity index (χ3v) is 5.03. The lowest BCUT2D eigenvalue weighted by molar-refractivity contribution is -0.119. The lowest BCUT2D eigenvalue weighted by Crippen LogP contribution is -2.45. The van der Waals surface area contributed by atoms with Crippen LogP contribution in [-0.4, -0.2) is 20.4 Å². The number of carbonyl (C=O) groups is 1. The fraction of sp³-hybridized carbons (Fsp3) is 0.278. The Balaban J connectivity index is 0.00000338. The summed E-state index contributed by atoms with van der Waals surface area (Å²) in [6, 6.07) is 13.9. The molecule has 1 amide bonds. The zero-order valence-corrected chi connectivity index (χ0v) is 16.5. The van der Waals surface area contributed by atoms with E-state index in [9.17, 15) is 13.2 Å². The Morgan fingerprint density at radius 1 is 1.00 bits per heavy atom. The summed E-state index contributed by atoms with van der Waals surface area (Å²) in [7, 11) is -3.75. The number of hydrogen-bond acceptors (Lipinski definition) is 4. The summed E-state index contributed by atoms with van der Waals surface area (Å²) in [6.07, 6.45) is 0. The fourth-order valence-electron chi connectivity index (χ4n) is 2.07. The summed E-state index contributed by atoms with van der Waals surface area (Å²) in [4.78, 5) is 12.3. The van der Waals surface area contributed by atoms with E-state index in [4.69, 9.17) is 5.73 Å². The Morgan fingerprint density at radius 2 is 1.58 bits per heavy atom. The first-order chi connectivity index (χ1) is 11.6. The lowest BCUT2D eigenvalue weighted by Gasteiger charge is -2.25. The summed E-state index contributed by atoms with van der Waals surface area (Å²) < 4.78 is 27.5. The first kappa shape index (κ1) is 22.0. The van der Waals surface area contributed by atoms with E-state index in [1.54, 1.807) is 42.5 Å². The van der Waals surface area contributed by atoms with Crippen LogP contribution in [0.4, 0.5) is 11.4 Å². The van der Waals surface area contributed by atoms with Crippen molar-refractivity contribution >= 4 is 39.7 Å². The first-order valence-electron chi connectivity index (χ1n) is 7.84. The maximum Gasteiger partial charge on any atom is 0.261 e. The van der Waals surface area contributed by atoms with Gasteiger partial charge in [-0.3, -0.25) is 9.52 Å². The number of nitrogens with one attached hydrogen (secondary N) is 2. The molecule has 0 fully saturated rings. The van der Waals surface area contributed by atoms with Crippen LogP contribution in [0.15, 0.2) is 59.5 Å². The summed E-state index contributed by atoms with van der Waals surface area (Å²) in [5, 5.41) is 2.67. The molecule has 0 aliphatic carbocycles. The van der Waals surface area contributed by atoms with Gasteiger partial charge in [0.2, 0.25) is 5.91 Å². The van der Waals surface area contributed by atoms with E-state index in [1.807, 2.05) is 20.8 Å². The predicted octanol–water partition coefficient (Wildman–Crippen LogP) is 3.22. The minimum absolute atomic E-state index is 0. The van der Waals surface area contributed by atoms with Crippen molar-refractivity contribution < 1.29 is 13.2 Å². The number of anilines is 2. The molecular weight excluding hydrogens is 374 g/mol. The number of hydrogen-bond donors (Lipinski definition) is 3. The zero-order valence-electron chi connectivity index (χ0n) is 14.9. The molecule has 2 rings (SSSR count). The molecule has 0 spiro atoms. The molecule has 1 atom stereocenters. The Kier molecular flexibility index (Phi) is 7.20. The van der Waals surface area contributed by atoms with E-state index < -0.39 is 21.5 Å². The molecule has 0 aromatic heterocycles. The molecule has 0 bridgehead atoms. The van der Waals surface area contributed by atoms with Gasteiger partial charge in [-0.2, -0.15) is 0 Å². The number of para-hydroxylation sites is 1. The highest BCUT2D eigenvalue weighted by atomic mass is 35.5. The van der Waals surface area contributed by atoms with Gasteiger partial charge in [0, 0.05) is 11.4 Å². The first-order valence-corrected chi connectivity index (χ1v) is 9.32. The van der Waals surface area contributed by atoms with Gasteiger partial charge in [-0.25, -0.2) is 8.42 Å². The van der Waals surface area contributed by atoms with Crippen LogP contribution >= 0.6 is 12.4 Å². The van der Waals surface area contributed by atoms with Crippen molar-refractivity contribution in [2.45, 2.75) is 31.7 Å². The van der Waals surface area contributed by atoms with Gasteiger partial charge in [-0.15, -0.1) is 12.4 Å². The third-order valence-electron chi connectivity index (χ3n) is 3.65. The predicted molar refractivity (Wildman–Crippen MR) is 107 cm³/mol. The Bertz CT molecular complexity index is 849. The molecule has 0 saturated carbocycles. The lowest BCUT2D eigenvalue weighted by atomic mass is 9.87. The molecule has 0 heterocycles. The largest absolute Gasteiger partial charge is 0.325 e. The average Bonchev–Trinajstić information content (AvgIpc) is 2.54. The molecule has 6 nitrogen and oxygen atoms in total. The van der Waals surface area contributed by atoms with Crippen molar-refractivity contribution in [3.8, 4) is 0 Å². The smallest absolute Gasteiger partial charge is 0.261 e. The molecule has 2 aromatic carbocycles. The van der Waals surface area contributed by atoms with Gasteiger partial charge in [-0.1, -0.05) is 45.0 Å². The quantitative estimate of drug-likeness (QED) is 0.720. The molecule has 0 unspecified atom stereocenters. The average molecular weight is 398 g/mol. The highest BCUT2D eigenvalue weighted by Crippen LogP contribution is 2.21. The maximum atomic E-state index is 12.5. The molecular formula is C18H24ClN3O3S. The van der Waals surface area contributed by atoms with Gasteiger partial charge in [0.15, 0.2) is 0 Å². The Labute approximate surface area is 160 Å². The van der Waals surface area contributed by atoms with Crippen LogP contribution in [0.25, 0.3) is 0 Å². The molecule has 0 aliphatic heterocycles. The maximum absolute atomic E-state index is 12.5. The second-order valence-electron chi connectivity index (χ2n) is 6.83. The van der Waals surface area contributed by atoms with Crippen LogP contribution in [0.1, 0.15) is 20.8 Å². The van der Waals surface area contributed by atoms with Gasteiger partial charge in [0.05, 0.1) is 10.9 Å². The minimum atomic E-state index is -3.75. The zero-order chi connectivity index (χ0) is 18.7. The topological polar surface area (TPSA) is 101 Å². The molecule has 8 heteroatoms. The highest BCUT2D eigenvalue weighted by Gasteiger charge is 2.27. The molecule has 142 valence electrons. The van der Waals surface area contributed by atoms with Crippen LogP contribution in [0, 0.1) is 5.41 Å². The fourth-order valence-corrected chi connectivity index (χ4v) is 3.18. The number of halogens is 1. The number of sulfonamides is 1. The molecule has 2 aromatic rings. The second-order valence-corrected chi connectivity index (χ2v) is 8.51. The number of benzene rings is 2. The molecule has 0 aliphatic rings. The summed E-state index contributed by atoms with van der Waals surface area (Å²) >= 11 is 0. The van der Waals surface area contributed by atoms with Gasteiger partial charge >= 0.3 is 0 Å². The van der Waals surface area contributed by atoms with Crippen LogP contribution in [0.2, 0.25) is 0 Å². The number of rotatable bonds is 5. The van der Waals surface area contributed by atoms with Crippen molar-refractivity contribution in [3.63, 3.8) is 0 Å². The van der Waals surface area contributed by atoms with Crippen LogP contribution in [0.3, 0.4) is 0 Å². The number of amides is 1. The minimum Gasteiger partial charge on any atom is -0.325 e. The monoisotopic (exact) mass is 397 g/mol. The Morgan fingerprint density at radius 3 is 2.15 bits per heavy atom. The highest BCUT2D eigenvalue weighted by molar-refractivity contribution is 7.92. The van der Waals surface area contributed by atoms with E-state index in [0.717, 1.165) is 0 Å². The summed E-state index contributed by atoms with van der Waals surface area (Å²) in [5.74, 6) is -0.363. The summed E-state index contributed by atoms with van der Waals surface area (Å²) in [6.45, 7) is 5.59. The van der Waals surface area contributed by atoms with Crippen molar-refractivity contribution in [2.75, 3.05) is 10.0 Å². The van der Waals surface area contributed by atoms with Crippen molar-refractivity contribution in [2.24, 2.45) is 11.1 Å². The standard InChI is InChI=1S/C18H23N3O3S.ClH/c1-18(2,3)16(19)17(22)20-14-10-7-11-15(12-14)25(23,24)21-13-8-5-4-6-9-13;/h4-12,16,21H,19H2,1-3H3,(H,20,22);1H/t16-;/m1./s1. The second kappa shape index (κ2) is 8.53. The van der Waals surface area contributed by atoms with E-state index in [1.165, 1.54) is 12.1 Å². The molecule has 0 radical (unpaired) electrons. The van der Waals surface area contributed by atoms with Crippen molar-refractivity contribution in [1.29, 1.82) is 0 Å². The molecule has 4 N–H and O–H groups in total. The number of nitrogens with two attached hydrogens (primary N) is 1. The third kappa shape index (κ3) is 5.72. The van der Waals surface area contributed by atoms with E-state index in [2.05, 4.69) is 10.0 Å². The van der Waals surface area contributed by atoms with Crippen LogP contribution in [0.5, 0.6) is 0 Å². The normalized spacial score (nSPS) is 12.6. The van der Waals surface area contributed by atoms with Crippen LogP contribution < -0.4 is 15.8 Å². The van der Waals surface area contributed by atoms with Gasteiger partial charge in [0.25, 0.3) is 10.0 Å². The van der Waals surface area contributed by atoms with Crippen LogP contribution in [-0.2, 0) is 14.8 Å². The molecule has 0 saturated heterocycles. The van der Waals surface area contributed by atoms with Gasteiger partial charge in [0.1, 0.15) is 0 Å².